The first-order valence-electron chi connectivity index (χ1n) is 6.78. The lowest BCUT2D eigenvalue weighted by Crippen LogP contribution is -2.47. The van der Waals surface area contributed by atoms with Crippen LogP contribution in [0.15, 0.2) is 5.38 Å². The molecule has 5 nitrogen and oxygen atoms in total. The van der Waals surface area contributed by atoms with E-state index in [0.29, 0.717) is 18.2 Å². The second-order valence-corrected chi connectivity index (χ2v) is 5.96. The Morgan fingerprint density at radius 2 is 2.47 bits per heavy atom. The van der Waals surface area contributed by atoms with E-state index in [4.69, 9.17) is 0 Å². The van der Waals surface area contributed by atoms with Gasteiger partial charge >= 0.3 is 6.03 Å². The number of carbonyl (C=O) groups is 1. The van der Waals surface area contributed by atoms with E-state index in [0.717, 1.165) is 25.0 Å². The van der Waals surface area contributed by atoms with E-state index in [1.165, 1.54) is 11.3 Å². The monoisotopic (exact) mass is 283 g/mol. The smallest absolute Gasteiger partial charge is 0.323 e. The standard InChI is InChI=1S/C13H21N3O2S/c1-3-4-10-8-19-12(14-10)15-13(18)16-6-5-9(2)11(17)7-16/h8-9,11,17H,3-7H2,1-2H3,(H,14,15,18). The SMILES string of the molecule is CCCc1csc(NC(=O)N2CCC(C)C(O)C2)n1. The molecule has 1 aromatic rings. The van der Waals surface area contributed by atoms with E-state index in [1.54, 1.807) is 4.90 Å². The highest BCUT2D eigenvalue weighted by atomic mass is 32.1. The zero-order valence-electron chi connectivity index (χ0n) is 11.4. The van der Waals surface area contributed by atoms with Crippen molar-refractivity contribution in [1.82, 2.24) is 9.88 Å². The first kappa shape index (κ1) is 14.3. The quantitative estimate of drug-likeness (QED) is 0.894. The number of aryl methyl sites for hydroxylation is 1. The van der Waals surface area contributed by atoms with Crippen molar-refractivity contribution in [3.63, 3.8) is 0 Å². The van der Waals surface area contributed by atoms with Crippen LogP contribution in [-0.4, -0.2) is 40.2 Å². The van der Waals surface area contributed by atoms with Crippen molar-refractivity contribution in [3.05, 3.63) is 11.1 Å². The third kappa shape index (κ3) is 3.67. The van der Waals surface area contributed by atoms with Crippen LogP contribution in [0, 0.1) is 5.92 Å². The number of aliphatic hydroxyl groups is 1. The van der Waals surface area contributed by atoms with Crippen molar-refractivity contribution in [3.8, 4) is 0 Å². The molecule has 0 spiro atoms. The van der Waals surface area contributed by atoms with Crippen LogP contribution in [0.5, 0.6) is 0 Å². The second-order valence-electron chi connectivity index (χ2n) is 5.10. The van der Waals surface area contributed by atoms with Gasteiger partial charge in [0, 0.05) is 18.5 Å². The Hall–Kier alpha value is -1.14. The van der Waals surface area contributed by atoms with Gasteiger partial charge in [0.05, 0.1) is 11.8 Å². The van der Waals surface area contributed by atoms with E-state index < -0.39 is 6.10 Å². The predicted octanol–water partition coefficient (Wildman–Crippen LogP) is 2.33. The van der Waals surface area contributed by atoms with Crippen molar-refractivity contribution >= 4 is 22.5 Å². The molecule has 0 saturated carbocycles. The van der Waals surface area contributed by atoms with Gasteiger partial charge in [0.2, 0.25) is 0 Å². The number of aromatic nitrogens is 1. The van der Waals surface area contributed by atoms with Crippen LogP contribution in [0.1, 0.15) is 32.4 Å². The molecule has 1 aliphatic rings. The zero-order valence-corrected chi connectivity index (χ0v) is 12.2. The van der Waals surface area contributed by atoms with Gasteiger partial charge in [0.15, 0.2) is 5.13 Å². The fourth-order valence-electron chi connectivity index (χ4n) is 2.14. The summed E-state index contributed by atoms with van der Waals surface area (Å²) in [6.07, 6.45) is 2.40. The largest absolute Gasteiger partial charge is 0.391 e. The third-order valence-electron chi connectivity index (χ3n) is 3.48. The number of rotatable bonds is 3. The summed E-state index contributed by atoms with van der Waals surface area (Å²) in [6, 6.07) is -0.164. The molecule has 6 heteroatoms. The molecule has 0 aromatic carbocycles. The number of β-amino-alcohol motifs (C(OH)–C–C–N with tert-alkyl or cyclic N) is 1. The maximum atomic E-state index is 12.1. The van der Waals surface area contributed by atoms with E-state index in [1.807, 2.05) is 12.3 Å². The number of amides is 2. The minimum atomic E-state index is -0.425. The lowest BCUT2D eigenvalue weighted by atomic mass is 9.96. The van der Waals surface area contributed by atoms with Crippen LogP contribution >= 0.6 is 11.3 Å². The summed E-state index contributed by atoms with van der Waals surface area (Å²) in [5.74, 6) is 0.264. The van der Waals surface area contributed by atoms with Crippen molar-refractivity contribution < 1.29 is 9.90 Å². The average molecular weight is 283 g/mol. The number of aliphatic hydroxyl groups excluding tert-OH is 1. The number of hydrogen-bond acceptors (Lipinski definition) is 4. The highest BCUT2D eigenvalue weighted by Crippen LogP contribution is 2.20. The average Bonchev–Trinajstić information content (AvgIpc) is 2.80. The molecule has 0 radical (unpaired) electrons. The lowest BCUT2D eigenvalue weighted by Gasteiger charge is -2.33. The third-order valence-corrected chi connectivity index (χ3v) is 4.28. The number of nitrogens with one attached hydrogen (secondary N) is 1. The summed E-state index contributed by atoms with van der Waals surface area (Å²) in [4.78, 5) is 18.1. The molecule has 2 amide bonds. The fourth-order valence-corrected chi connectivity index (χ4v) is 2.87. The second kappa shape index (κ2) is 6.34. The molecule has 2 N–H and O–H groups in total. The zero-order chi connectivity index (χ0) is 13.8. The molecule has 0 bridgehead atoms. The maximum absolute atomic E-state index is 12.1. The first-order chi connectivity index (χ1) is 9.10. The van der Waals surface area contributed by atoms with Gasteiger partial charge in [-0.1, -0.05) is 20.3 Å². The summed E-state index contributed by atoms with van der Waals surface area (Å²) in [5.41, 5.74) is 1.02. The molecule has 2 rings (SSSR count). The highest BCUT2D eigenvalue weighted by Gasteiger charge is 2.27. The molecule has 1 aliphatic heterocycles. The van der Waals surface area contributed by atoms with Crippen LogP contribution in [0.25, 0.3) is 0 Å². The minimum Gasteiger partial charge on any atom is -0.391 e. The van der Waals surface area contributed by atoms with Crippen molar-refractivity contribution in [2.75, 3.05) is 18.4 Å². The van der Waals surface area contributed by atoms with E-state index >= 15 is 0 Å². The summed E-state index contributed by atoms with van der Waals surface area (Å²) < 4.78 is 0. The van der Waals surface area contributed by atoms with E-state index in [-0.39, 0.29) is 11.9 Å². The molecule has 1 fully saturated rings. The summed E-state index contributed by atoms with van der Waals surface area (Å²) >= 11 is 1.45. The maximum Gasteiger partial charge on any atom is 0.323 e. The predicted molar refractivity (Wildman–Crippen MR) is 76.5 cm³/mol. The van der Waals surface area contributed by atoms with Gasteiger partial charge in [-0.3, -0.25) is 5.32 Å². The molecule has 2 heterocycles. The van der Waals surface area contributed by atoms with Gasteiger partial charge in [-0.05, 0) is 18.8 Å². The van der Waals surface area contributed by atoms with Gasteiger partial charge in [0.1, 0.15) is 0 Å². The van der Waals surface area contributed by atoms with E-state index in [9.17, 15) is 9.90 Å². The Kier molecular flexibility index (Phi) is 4.76. The van der Waals surface area contributed by atoms with Crippen molar-refractivity contribution in [2.24, 2.45) is 5.92 Å². The Morgan fingerprint density at radius 3 is 3.16 bits per heavy atom. The topological polar surface area (TPSA) is 65.5 Å². The molecule has 1 saturated heterocycles. The number of anilines is 1. The van der Waals surface area contributed by atoms with Crippen LogP contribution in [-0.2, 0) is 6.42 Å². The molecule has 0 aliphatic carbocycles. The van der Waals surface area contributed by atoms with Gasteiger partial charge in [-0.15, -0.1) is 11.3 Å². The first-order valence-corrected chi connectivity index (χ1v) is 7.66. The number of piperidine rings is 1. The minimum absolute atomic E-state index is 0.164. The number of carbonyl (C=O) groups excluding carboxylic acids is 1. The fraction of sp³-hybridized carbons (Fsp3) is 0.692. The van der Waals surface area contributed by atoms with Gasteiger partial charge in [-0.25, -0.2) is 9.78 Å². The summed E-state index contributed by atoms with van der Waals surface area (Å²) in [7, 11) is 0. The molecular formula is C13H21N3O2S. The summed E-state index contributed by atoms with van der Waals surface area (Å²) in [5, 5.41) is 15.2. The molecule has 1 aromatic heterocycles. The van der Waals surface area contributed by atoms with Crippen molar-refractivity contribution in [1.29, 1.82) is 0 Å². The van der Waals surface area contributed by atoms with Crippen LogP contribution in [0.4, 0.5) is 9.93 Å². The van der Waals surface area contributed by atoms with Crippen molar-refractivity contribution in [2.45, 2.75) is 39.2 Å². The molecular weight excluding hydrogens is 262 g/mol. The van der Waals surface area contributed by atoms with Gasteiger partial charge in [0.25, 0.3) is 0 Å². The van der Waals surface area contributed by atoms with Crippen LogP contribution in [0.3, 0.4) is 0 Å². The van der Waals surface area contributed by atoms with Crippen LogP contribution in [0.2, 0.25) is 0 Å². The number of urea groups is 1. The van der Waals surface area contributed by atoms with E-state index in [2.05, 4.69) is 17.2 Å². The van der Waals surface area contributed by atoms with Crippen LogP contribution < -0.4 is 5.32 Å². The molecule has 19 heavy (non-hydrogen) atoms. The number of hydrogen-bond donors (Lipinski definition) is 2. The lowest BCUT2D eigenvalue weighted by molar-refractivity contribution is 0.0464. The molecule has 2 atom stereocenters. The number of nitrogens with zero attached hydrogens (tertiary/aromatic N) is 2. The Morgan fingerprint density at radius 1 is 1.68 bits per heavy atom. The Labute approximate surface area is 117 Å². The van der Waals surface area contributed by atoms with Gasteiger partial charge < -0.3 is 10.0 Å². The molecule has 106 valence electrons. The molecule has 2 unspecified atom stereocenters. The Bertz CT molecular complexity index is 435. The van der Waals surface area contributed by atoms with Gasteiger partial charge in [-0.2, -0.15) is 0 Å². The normalized spacial score (nSPS) is 23.4. The number of thiazole rings is 1. The summed E-state index contributed by atoms with van der Waals surface area (Å²) in [6.45, 7) is 5.21. The Balaban J connectivity index is 1.89. The number of likely N-dealkylation sites (tertiary alicyclic amines) is 1. The highest BCUT2D eigenvalue weighted by molar-refractivity contribution is 7.13.